The Morgan fingerprint density at radius 1 is 1.88 bits per heavy atom. The van der Waals surface area contributed by atoms with Gasteiger partial charge in [0.2, 0.25) is 0 Å². The lowest BCUT2D eigenvalue weighted by Crippen LogP contribution is -2.22. The molecule has 0 unspecified atom stereocenters. The van der Waals surface area contributed by atoms with Gasteiger partial charge in [0.05, 0.1) is 0 Å². The summed E-state index contributed by atoms with van der Waals surface area (Å²) >= 11 is 5.82. The van der Waals surface area contributed by atoms with E-state index in [9.17, 15) is 4.79 Å². The SMILES string of the molecule is CN(CCI)C(=O)S. The van der Waals surface area contributed by atoms with Crippen molar-refractivity contribution in [2.45, 2.75) is 0 Å². The van der Waals surface area contributed by atoms with E-state index in [1.807, 2.05) is 0 Å². The fourth-order valence-electron chi connectivity index (χ4n) is 0.222. The van der Waals surface area contributed by atoms with Crippen molar-refractivity contribution in [3.8, 4) is 0 Å². The van der Waals surface area contributed by atoms with Crippen molar-refractivity contribution in [2.24, 2.45) is 0 Å². The molecule has 8 heavy (non-hydrogen) atoms. The Hall–Kier alpha value is 0.550. The fourth-order valence-corrected chi connectivity index (χ4v) is 1.05. The number of amides is 1. The Kier molecular flexibility index (Phi) is 4.74. The first kappa shape index (κ1) is 8.55. The number of halogens is 1. The van der Waals surface area contributed by atoms with E-state index < -0.39 is 0 Å². The Labute approximate surface area is 68.2 Å². The highest BCUT2D eigenvalue weighted by atomic mass is 127. The number of thiol groups is 1. The molecular weight excluding hydrogens is 237 g/mol. The molecule has 0 radical (unpaired) electrons. The van der Waals surface area contributed by atoms with E-state index in [4.69, 9.17) is 0 Å². The van der Waals surface area contributed by atoms with Crippen LogP contribution in [0.25, 0.3) is 0 Å². The molecule has 0 N–H and O–H groups in total. The summed E-state index contributed by atoms with van der Waals surface area (Å²) in [5.74, 6) is 0. The van der Waals surface area contributed by atoms with E-state index in [0.29, 0.717) is 0 Å². The third-order valence-corrected chi connectivity index (χ3v) is 1.57. The molecule has 0 atom stereocenters. The Balaban J connectivity index is 3.32. The number of rotatable bonds is 2. The van der Waals surface area contributed by atoms with Crippen molar-refractivity contribution >= 4 is 40.5 Å². The molecule has 2 nitrogen and oxygen atoms in total. The van der Waals surface area contributed by atoms with Gasteiger partial charge in [-0.3, -0.25) is 4.79 Å². The van der Waals surface area contributed by atoms with Gasteiger partial charge in [-0.2, -0.15) is 0 Å². The maximum absolute atomic E-state index is 10.3. The van der Waals surface area contributed by atoms with Crippen LogP contribution in [0.15, 0.2) is 0 Å². The molecule has 0 spiro atoms. The molecule has 0 aliphatic heterocycles. The highest BCUT2D eigenvalue weighted by Gasteiger charge is 1.98. The van der Waals surface area contributed by atoms with Crippen LogP contribution >= 0.6 is 35.2 Å². The topological polar surface area (TPSA) is 20.3 Å². The molecule has 1 amide bonds. The number of nitrogens with zero attached hydrogens (tertiary/aromatic N) is 1. The van der Waals surface area contributed by atoms with Gasteiger partial charge in [-0.25, -0.2) is 0 Å². The fraction of sp³-hybridized carbons (Fsp3) is 0.750. The number of carbonyl (C=O) groups excluding carboxylic acids is 1. The van der Waals surface area contributed by atoms with Crippen LogP contribution < -0.4 is 0 Å². The summed E-state index contributed by atoms with van der Waals surface area (Å²) in [6, 6.07) is 0. The zero-order chi connectivity index (χ0) is 6.57. The third kappa shape index (κ3) is 3.54. The predicted molar refractivity (Wildman–Crippen MR) is 45.9 cm³/mol. The average molecular weight is 245 g/mol. The molecule has 0 heterocycles. The van der Waals surface area contributed by atoms with Crippen molar-refractivity contribution < 1.29 is 4.79 Å². The van der Waals surface area contributed by atoms with Gasteiger partial charge in [-0.15, -0.1) is 0 Å². The molecule has 0 rings (SSSR count). The zero-order valence-corrected chi connectivity index (χ0v) is 7.65. The Morgan fingerprint density at radius 2 is 2.38 bits per heavy atom. The van der Waals surface area contributed by atoms with E-state index in [1.165, 1.54) is 0 Å². The highest BCUT2D eigenvalue weighted by Crippen LogP contribution is 1.92. The van der Waals surface area contributed by atoms with Crippen molar-refractivity contribution in [1.29, 1.82) is 0 Å². The summed E-state index contributed by atoms with van der Waals surface area (Å²) in [5.41, 5.74) is 0. The predicted octanol–water partition coefficient (Wildman–Crippen LogP) is 1.40. The van der Waals surface area contributed by atoms with Gasteiger partial charge >= 0.3 is 0 Å². The van der Waals surface area contributed by atoms with Gasteiger partial charge in [0.25, 0.3) is 5.24 Å². The number of hydrogen-bond acceptors (Lipinski definition) is 1. The second-order valence-corrected chi connectivity index (χ2v) is 2.85. The first-order chi connectivity index (χ1) is 3.68. The van der Waals surface area contributed by atoms with Crippen LogP contribution in [0.5, 0.6) is 0 Å². The van der Waals surface area contributed by atoms with Crippen molar-refractivity contribution in [1.82, 2.24) is 4.90 Å². The van der Waals surface area contributed by atoms with E-state index in [0.717, 1.165) is 11.0 Å². The van der Waals surface area contributed by atoms with Crippen LogP contribution in [-0.4, -0.2) is 28.2 Å². The van der Waals surface area contributed by atoms with Crippen molar-refractivity contribution in [3.63, 3.8) is 0 Å². The molecule has 0 aliphatic carbocycles. The van der Waals surface area contributed by atoms with Crippen LogP contribution in [0.1, 0.15) is 0 Å². The van der Waals surface area contributed by atoms with Crippen molar-refractivity contribution in [3.05, 3.63) is 0 Å². The quantitative estimate of drug-likeness (QED) is 0.443. The third-order valence-electron chi connectivity index (χ3n) is 0.746. The second-order valence-electron chi connectivity index (χ2n) is 1.39. The lowest BCUT2D eigenvalue weighted by atomic mass is 10.7. The summed E-state index contributed by atoms with van der Waals surface area (Å²) in [6.07, 6.45) is 0. The molecule has 0 bridgehead atoms. The number of alkyl halides is 1. The molecule has 0 aromatic rings. The Morgan fingerprint density at radius 3 is 2.50 bits per heavy atom. The van der Waals surface area contributed by atoms with Crippen molar-refractivity contribution in [2.75, 3.05) is 18.0 Å². The summed E-state index contributed by atoms with van der Waals surface area (Å²) in [6.45, 7) is 0.781. The standard InChI is InChI=1S/C4H8INOS/c1-6(3-2-5)4(7)8/h2-3H2,1H3,(H,7,8). The van der Waals surface area contributed by atoms with Gasteiger partial charge < -0.3 is 4.90 Å². The molecule has 0 aliphatic rings. The number of hydrogen-bond donors (Lipinski definition) is 1. The maximum Gasteiger partial charge on any atom is 0.278 e. The minimum absolute atomic E-state index is 0.165. The normalized spacial score (nSPS) is 8.88. The molecule has 4 heteroatoms. The largest absolute Gasteiger partial charge is 0.336 e. The smallest absolute Gasteiger partial charge is 0.278 e. The van der Waals surface area contributed by atoms with Gasteiger partial charge in [0.15, 0.2) is 0 Å². The van der Waals surface area contributed by atoms with Gasteiger partial charge in [0, 0.05) is 18.0 Å². The zero-order valence-electron chi connectivity index (χ0n) is 4.59. The van der Waals surface area contributed by atoms with Gasteiger partial charge in [0.1, 0.15) is 0 Å². The second kappa shape index (κ2) is 4.43. The van der Waals surface area contributed by atoms with Crippen LogP contribution in [-0.2, 0) is 0 Å². The van der Waals surface area contributed by atoms with Crippen LogP contribution in [0, 0.1) is 0 Å². The first-order valence-corrected chi connectivity index (χ1v) is 4.15. The molecular formula is C4H8INOS. The first-order valence-electron chi connectivity index (χ1n) is 2.18. The summed E-state index contributed by atoms with van der Waals surface area (Å²) < 4.78 is 0.959. The lowest BCUT2D eigenvalue weighted by Gasteiger charge is -2.10. The van der Waals surface area contributed by atoms with Crippen LogP contribution in [0.4, 0.5) is 4.79 Å². The van der Waals surface area contributed by atoms with Crippen LogP contribution in [0.2, 0.25) is 0 Å². The molecule has 48 valence electrons. The van der Waals surface area contributed by atoms with Gasteiger partial charge in [-0.1, -0.05) is 35.2 Å². The molecule has 0 saturated heterocycles. The molecule has 0 saturated carbocycles. The summed E-state index contributed by atoms with van der Waals surface area (Å²) in [7, 11) is 1.73. The summed E-state index contributed by atoms with van der Waals surface area (Å²) in [4.78, 5) is 11.9. The Bertz CT molecular complexity index is 88.1. The van der Waals surface area contributed by atoms with E-state index >= 15 is 0 Å². The van der Waals surface area contributed by atoms with E-state index in [2.05, 4.69) is 35.2 Å². The monoisotopic (exact) mass is 245 g/mol. The summed E-state index contributed by atoms with van der Waals surface area (Å²) in [5, 5.41) is -0.165. The molecule has 0 aromatic carbocycles. The minimum Gasteiger partial charge on any atom is -0.336 e. The number of carbonyl (C=O) groups is 1. The molecule has 0 aromatic heterocycles. The lowest BCUT2D eigenvalue weighted by molar-refractivity contribution is 0.236. The average Bonchev–Trinajstić information content (AvgIpc) is 1.67. The minimum atomic E-state index is -0.165. The maximum atomic E-state index is 10.3. The van der Waals surface area contributed by atoms with E-state index in [1.54, 1.807) is 11.9 Å². The van der Waals surface area contributed by atoms with E-state index in [-0.39, 0.29) is 5.24 Å². The highest BCUT2D eigenvalue weighted by molar-refractivity contribution is 14.1. The van der Waals surface area contributed by atoms with Crippen LogP contribution in [0.3, 0.4) is 0 Å². The van der Waals surface area contributed by atoms with Gasteiger partial charge in [-0.05, 0) is 0 Å². The molecule has 0 fully saturated rings.